The third kappa shape index (κ3) is 5.82. The molecule has 7 rings (SSSR count). The lowest BCUT2D eigenvalue weighted by Crippen LogP contribution is -2.36. The summed E-state index contributed by atoms with van der Waals surface area (Å²) in [5, 5.41) is 22.5. The summed E-state index contributed by atoms with van der Waals surface area (Å²) < 4.78 is 23.5. The average Bonchev–Trinajstić information content (AvgIpc) is 3.13. The number of aliphatic hydroxyl groups is 2. The van der Waals surface area contributed by atoms with Crippen LogP contribution in [0.2, 0.25) is 0 Å². The minimum atomic E-state index is -0.657. The van der Waals surface area contributed by atoms with Crippen LogP contribution in [0, 0.1) is 0 Å². The Morgan fingerprint density at radius 2 is 0.833 bits per heavy atom. The Morgan fingerprint density at radius 1 is 0.417 bits per heavy atom. The number of hydrogen-bond acceptors (Lipinski definition) is 6. The van der Waals surface area contributed by atoms with Crippen molar-refractivity contribution in [3.05, 3.63) is 155 Å². The van der Waals surface area contributed by atoms with Gasteiger partial charge in [0.05, 0.1) is 45.1 Å². The molecule has 0 heterocycles. The van der Waals surface area contributed by atoms with E-state index in [9.17, 15) is 0 Å². The molecule has 0 saturated heterocycles. The second-order valence-corrected chi connectivity index (χ2v) is 11.9. The summed E-state index contributed by atoms with van der Waals surface area (Å²) in [4.78, 5) is 0. The van der Waals surface area contributed by atoms with Gasteiger partial charge < -0.3 is 29.2 Å². The van der Waals surface area contributed by atoms with Crippen LogP contribution in [0.3, 0.4) is 0 Å². The Bertz CT molecular complexity index is 1870. The highest BCUT2D eigenvalue weighted by Crippen LogP contribution is 2.54. The molecule has 1 aliphatic rings. The van der Waals surface area contributed by atoms with Crippen LogP contribution in [0.4, 0.5) is 0 Å². The quantitative estimate of drug-likeness (QED) is 0.124. The molecular formula is C42H40O6. The first kappa shape index (κ1) is 31.9. The molecule has 0 bridgehead atoms. The minimum absolute atomic E-state index is 0.0104. The van der Waals surface area contributed by atoms with E-state index in [1.807, 2.05) is 12.1 Å². The molecule has 6 aromatic rings. The molecule has 1 aliphatic carbocycles. The molecule has 0 amide bonds. The van der Waals surface area contributed by atoms with Crippen molar-refractivity contribution in [2.75, 3.05) is 52.9 Å². The maximum atomic E-state index is 9.10. The van der Waals surface area contributed by atoms with Crippen LogP contribution >= 0.6 is 0 Å². The Labute approximate surface area is 281 Å². The van der Waals surface area contributed by atoms with Crippen molar-refractivity contribution in [3.63, 3.8) is 0 Å². The van der Waals surface area contributed by atoms with E-state index >= 15 is 0 Å². The van der Waals surface area contributed by atoms with Crippen molar-refractivity contribution in [3.8, 4) is 11.5 Å². The fraction of sp³-hybridized carbons (Fsp3) is 0.238. The van der Waals surface area contributed by atoms with Gasteiger partial charge in [-0.2, -0.15) is 0 Å². The van der Waals surface area contributed by atoms with Crippen molar-refractivity contribution in [1.82, 2.24) is 0 Å². The first-order chi connectivity index (χ1) is 23.8. The third-order valence-corrected chi connectivity index (χ3v) is 9.24. The molecule has 2 N–H and O–H groups in total. The zero-order valence-corrected chi connectivity index (χ0v) is 26.9. The van der Waals surface area contributed by atoms with Gasteiger partial charge in [-0.25, -0.2) is 0 Å². The van der Waals surface area contributed by atoms with Gasteiger partial charge in [-0.1, -0.05) is 109 Å². The van der Waals surface area contributed by atoms with Crippen molar-refractivity contribution < 1.29 is 29.2 Å². The van der Waals surface area contributed by atoms with Gasteiger partial charge in [0.15, 0.2) is 0 Å². The van der Waals surface area contributed by atoms with Crippen molar-refractivity contribution in [1.29, 1.82) is 0 Å². The summed E-state index contributed by atoms with van der Waals surface area (Å²) in [5.41, 5.74) is 6.82. The molecule has 0 spiro atoms. The molecule has 0 unspecified atom stereocenters. The fourth-order valence-corrected chi connectivity index (χ4v) is 7.38. The second-order valence-electron chi connectivity index (χ2n) is 11.9. The molecule has 6 nitrogen and oxygen atoms in total. The van der Waals surface area contributed by atoms with E-state index < -0.39 is 5.41 Å². The smallest absolute Gasteiger partial charge is 0.127 e. The molecule has 0 atom stereocenters. The first-order valence-electron chi connectivity index (χ1n) is 16.6. The van der Waals surface area contributed by atoms with E-state index in [1.54, 1.807) is 0 Å². The largest absolute Gasteiger partial charge is 0.491 e. The van der Waals surface area contributed by atoms with Gasteiger partial charge in [0.25, 0.3) is 0 Å². The van der Waals surface area contributed by atoms with Crippen LogP contribution < -0.4 is 9.47 Å². The SMILES string of the molecule is OCCOCCOc1cccc2c(C3(c4cccc5c(OCCOCCO)cccc45)c4ccccc4Cc4ccccc43)cccc12. The highest BCUT2D eigenvalue weighted by molar-refractivity contribution is 5.98. The molecule has 0 saturated carbocycles. The lowest BCUT2D eigenvalue weighted by Gasteiger charge is -2.43. The zero-order chi connectivity index (χ0) is 32.8. The second kappa shape index (κ2) is 14.6. The van der Waals surface area contributed by atoms with Crippen LogP contribution in [0.25, 0.3) is 21.5 Å². The number of hydrogen-bond donors (Lipinski definition) is 2. The van der Waals surface area contributed by atoms with E-state index in [2.05, 4.69) is 109 Å². The van der Waals surface area contributed by atoms with E-state index in [0.29, 0.717) is 39.6 Å². The van der Waals surface area contributed by atoms with Crippen molar-refractivity contribution >= 4 is 21.5 Å². The molecule has 0 fully saturated rings. The molecule has 0 radical (unpaired) electrons. The van der Waals surface area contributed by atoms with Gasteiger partial charge in [0.2, 0.25) is 0 Å². The highest BCUT2D eigenvalue weighted by atomic mass is 16.5. The van der Waals surface area contributed by atoms with E-state index in [4.69, 9.17) is 29.2 Å². The summed E-state index contributed by atoms with van der Waals surface area (Å²) in [5.74, 6) is 1.60. The van der Waals surface area contributed by atoms with Crippen LogP contribution in [0.5, 0.6) is 11.5 Å². The fourth-order valence-electron chi connectivity index (χ4n) is 7.38. The Kier molecular flexibility index (Phi) is 9.68. The maximum Gasteiger partial charge on any atom is 0.127 e. The van der Waals surface area contributed by atoms with Crippen LogP contribution in [-0.4, -0.2) is 63.1 Å². The molecule has 48 heavy (non-hydrogen) atoms. The zero-order valence-electron chi connectivity index (χ0n) is 26.9. The molecular weight excluding hydrogens is 600 g/mol. The number of ether oxygens (including phenoxy) is 4. The molecule has 0 aliphatic heterocycles. The van der Waals surface area contributed by atoms with E-state index in [1.165, 1.54) is 33.4 Å². The Hall–Kier alpha value is -4.72. The van der Waals surface area contributed by atoms with Crippen LogP contribution in [0.15, 0.2) is 121 Å². The Balaban J connectivity index is 1.47. The maximum absolute atomic E-state index is 9.10. The van der Waals surface area contributed by atoms with Gasteiger partial charge in [-0.05, 0) is 62.7 Å². The Morgan fingerprint density at radius 3 is 1.31 bits per heavy atom. The lowest BCUT2D eigenvalue weighted by molar-refractivity contribution is 0.0708. The third-order valence-electron chi connectivity index (χ3n) is 9.24. The summed E-state index contributed by atoms with van der Waals surface area (Å²) in [6.45, 7) is 2.13. The average molecular weight is 641 g/mol. The number of fused-ring (bicyclic) bond motifs is 4. The summed E-state index contributed by atoms with van der Waals surface area (Å²) in [6, 6.07) is 43.3. The van der Waals surface area contributed by atoms with Gasteiger partial charge in [-0.15, -0.1) is 0 Å². The first-order valence-corrected chi connectivity index (χ1v) is 16.6. The normalized spacial score (nSPS) is 13.3. The predicted molar refractivity (Wildman–Crippen MR) is 189 cm³/mol. The van der Waals surface area contributed by atoms with Gasteiger partial charge in [0, 0.05) is 10.8 Å². The lowest BCUT2D eigenvalue weighted by atomic mass is 9.58. The molecule has 0 aromatic heterocycles. The summed E-state index contributed by atoms with van der Waals surface area (Å²) in [6.07, 6.45) is 0.855. The summed E-state index contributed by atoms with van der Waals surface area (Å²) in [7, 11) is 0. The van der Waals surface area contributed by atoms with Gasteiger partial charge in [-0.3, -0.25) is 0 Å². The van der Waals surface area contributed by atoms with Crippen molar-refractivity contribution in [2.45, 2.75) is 11.8 Å². The molecule has 6 heteroatoms. The number of rotatable bonds is 14. The summed E-state index contributed by atoms with van der Waals surface area (Å²) >= 11 is 0. The predicted octanol–water partition coefficient (Wildman–Crippen LogP) is 7.06. The number of benzene rings is 6. The van der Waals surface area contributed by atoms with Gasteiger partial charge >= 0.3 is 0 Å². The minimum Gasteiger partial charge on any atom is -0.491 e. The number of aliphatic hydroxyl groups excluding tert-OH is 2. The van der Waals surface area contributed by atoms with Gasteiger partial charge in [0.1, 0.15) is 24.7 Å². The van der Waals surface area contributed by atoms with Crippen LogP contribution in [-0.2, 0) is 21.3 Å². The van der Waals surface area contributed by atoms with E-state index in [0.717, 1.165) is 39.5 Å². The monoisotopic (exact) mass is 640 g/mol. The highest BCUT2D eigenvalue weighted by Gasteiger charge is 2.45. The molecule has 244 valence electrons. The van der Waals surface area contributed by atoms with Crippen LogP contribution in [0.1, 0.15) is 33.4 Å². The topological polar surface area (TPSA) is 77.4 Å². The van der Waals surface area contributed by atoms with E-state index in [-0.39, 0.29) is 13.2 Å². The van der Waals surface area contributed by atoms with Crippen molar-refractivity contribution in [2.24, 2.45) is 0 Å². The molecule has 6 aromatic carbocycles. The standard InChI is InChI=1S/C42H40O6/c43-21-23-45-25-27-47-40-19-7-11-32-34(40)13-5-17-38(32)42(36-15-3-1-9-30(36)29-31-10-2-4-16-37(31)42)39-18-6-14-35-33(39)12-8-20-41(35)48-28-26-46-24-22-44/h1-20,43-44H,21-29H2.